The van der Waals surface area contributed by atoms with Gasteiger partial charge in [-0.05, 0) is 201 Å². The molecule has 6 atom stereocenters. The molecular weight excluding hydrogens is 741 g/mol. The quantitative estimate of drug-likeness (QED) is 0.140. The summed E-state index contributed by atoms with van der Waals surface area (Å²) >= 11 is 0. The van der Waals surface area contributed by atoms with Crippen LogP contribution >= 0.6 is 0 Å². The molecule has 0 aromatic heterocycles. The molecule has 12 bridgehead atoms. The third kappa shape index (κ3) is 5.62. The monoisotopic (exact) mass is 811 g/mol. The lowest BCUT2D eigenvalue weighted by molar-refractivity contribution is -0.110. The predicted molar refractivity (Wildman–Crippen MR) is 239 cm³/mol. The Morgan fingerprint density at radius 2 is 0.767 bits per heavy atom. The van der Waals surface area contributed by atoms with Crippen LogP contribution in [0.3, 0.4) is 0 Å². The molecule has 6 nitrogen and oxygen atoms in total. The second-order valence-corrected chi connectivity index (χ2v) is 26.4. The van der Waals surface area contributed by atoms with Gasteiger partial charge in [-0.15, -0.1) is 0 Å². The first-order chi connectivity index (χ1) is 28.1. The predicted octanol–water partition coefficient (Wildman–Crippen LogP) is 13.6. The van der Waals surface area contributed by atoms with E-state index in [2.05, 4.69) is 65.8 Å². The second-order valence-electron chi connectivity index (χ2n) is 26.4. The largest absolute Gasteiger partial charge is 0.506 e. The van der Waals surface area contributed by atoms with Crippen LogP contribution in [-0.2, 0) is 16.2 Å². The van der Waals surface area contributed by atoms with Crippen molar-refractivity contribution in [2.75, 3.05) is 11.5 Å². The van der Waals surface area contributed by atoms with Crippen molar-refractivity contribution in [3.05, 3.63) is 59.2 Å². The van der Waals surface area contributed by atoms with Gasteiger partial charge in [0.15, 0.2) is 11.5 Å². The Bertz CT molecular complexity index is 2310. The van der Waals surface area contributed by atoms with Crippen LogP contribution in [0.15, 0.2) is 42.5 Å². The van der Waals surface area contributed by atoms with E-state index in [-0.39, 0.29) is 49.4 Å². The number of phenols is 2. The highest BCUT2D eigenvalue weighted by atomic mass is 16.5. The fraction of sp³-hybridized carbons (Fsp3) is 0.667. The van der Waals surface area contributed by atoms with Gasteiger partial charge in [0.2, 0.25) is 0 Å². The minimum Gasteiger partial charge on any atom is -0.506 e. The van der Waals surface area contributed by atoms with Gasteiger partial charge in [-0.2, -0.15) is 0 Å². The first-order valence-corrected chi connectivity index (χ1v) is 23.9. The average Bonchev–Trinajstić information content (AvgIpc) is 3.07. The normalized spacial score (nSPS) is 46.3. The highest BCUT2D eigenvalue weighted by Gasteiger charge is 2.64. The van der Waals surface area contributed by atoms with Crippen LogP contribution in [0.4, 0.5) is 11.4 Å². The van der Waals surface area contributed by atoms with Crippen molar-refractivity contribution in [3.63, 3.8) is 0 Å². The van der Waals surface area contributed by atoms with E-state index >= 15 is 0 Å². The number of benzene rings is 3. The van der Waals surface area contributed by atoms with E-state index in [9.17, 15) is 10.2 Å². The number of nitrogens with two attached hydrogens (primary N) is 2. The molecule has 0 saturated heterocycles. The lowest BCUT2D eigenvalue weighted by atomic mass is 9.39. The summed E-state index contributed by atoms with van der Waals surface area (Å²) in [5.74, 6) is 4.94. The molecule has 3 aromatic carbocycles. The maximum Gasteiger partial charge on any atom is 0.170 e. The Morgan fingerprint density at radius 3 is 1.15 bits per heavy atom. The van der Waals surface area contributed by atoms with Gasteiger partial charge in [-0.3, -0.25) is 0 Å². The molecule has 0 spiro atoms. The van der Waals surface area contributed by atoms with E-state index in [0.717, 1.165) is 55.6 Å². The molecule has 6 heteroatoms. The average molecular weight is 811 g/mol. The summed E-state index contributed by atoms with van der Waals surface area (Å²) in [7, 11) is 0. The molecule has 12 aliphatic rings. The van der Waals surface area contributed by atoms with Gasteiger partial charge in [0.05, 0.1) is 11.4 Å². The number of hydrogen-bond donors (Lipinski definition) is 4. The highest BCUT2D eigenvalue weighted by molar-refractivity contribution is 5.64. The van der Waals surface area contributed by atoms with Crippen molar-refractivity contribution in [2.45, 2.75) is 173 Å². The Kier molecular flexibility index (Phi) is 7.33. The fourth-order valence-electron chi connectivity index (χ4n) is 20.7. The first kappa shape index (κ1) is 38.2. The topological polar surface area (TPSA) is 111 Å². The maximum atomic E-state index is 11.4. The van der Waals surface area contributed by atoms with Crippen molar-refractivity contribution < 1.29 is 19.7 Å². The molecule has 3 aromatic rings. The molecule has 0 aliphatic heterocycles. The van der Waals surface area contributed by atoms with E-state index in [0.29, 0.717) is 57.0 Å². The number of anilines is 2. The molecule has 0 heterocycles. The standard InChI is InChI=1S/C54H70N2O4/c1-46-14-32-15-47(2,23-46)27-52(20-32,26-46)35-7-8-42(59-43-12-40(57)38(55)10-36(43)53-21-33-16-48(3,28-53)24-49(4,17-33)29-53)45(9-35)60-44-13-41(58)39(56)11-37(44)54-22-34-18-50(5,30-54)25-51(6,19-34)31-54/h7-13,32-34,57-58H,14-31,55-56H2,1-6H3. The Balaban J connectivity index is 1.00. The minimum absolute atomic E-state index is 0.0552. The first-order valence-electron chi connectivity index (χ1n) is 23.9. The maximum absolute atomic E-state index is 11.4. The molecule has 12 fully saturated rings. The molecular formula is C54H70N2O4. The zero-order chi connectivity index (χ0) is 41.7. The smallest absolute Gasteiger partial charge is 0.170 e. The van der Waals surface area contributed by atoms with E-state index in [4.69, 9.17) is 20.9 Å². The summed E-state index contributed by atoms with van der Waals surface area (Å²) < 4.78 is 14.7. The van der Waals surface area contributed by atoms with Crippen molar-refractivity contribution >= 4 is 11.4 Å². The summed E-state index contributed by atoms with van der Waals surface area (Å²) in [6.07, 6.45) is 22.1. The zero-order valence-corrected chi connectivity index (χ0v) is 37.4. The minimum atomic E-state index is -0.0670. The summed E-state index contributed by atoms with van der Waals surface area (Å²) in [6.45, 7) is 15.1. The molecule has 6 unspecified atom stereocenters. The van der Waals surface area contributed by atoms with Gasteiger partial charge in [0.1, 0.15) is 23.0 Å². The Morgan fingerprint density at radius 1 is 0.417 bits per heavy atom. The van der Waals surface area contributed by atoms with Gasteiger partial charge >= 0.3 is 0 Å². The molecule has 0 radical (unpaired) electrons. The van der Waals surface area contributed by atoms with Crippen LogP contribution in [0.1, 0.15) is 174 Å². The van der Waals surface area contributed by atoms with Gasteiger partial charge in [-0.1, -0.05) is 47.6 Å². The number of aromatic hydroxyl groups is 2. The second kappa shape index (κ2) is 11.5. The number of nitrogen functional groups attached to an aromatic ring is 2. The molecule has 320 valence electrons. The zero-order valence-electron chi connectivity index (χ0n) is 37.4. The fourth-order valence-corrected chi connectivity index (χ4v) is 20.7. The van der Waals surface area contributed by atoms with Crippen LogP contribution in [0, 0.1) is 50.2 Å². The van der Waals surface area contributed by atoms with Crippen molar-refractivity contribution in [1.82, 2.24) is 0 Å². The van der Waals surface area contributed by atoms with Crippen LogP contribution in [0.2, 0.25) is 0 Å². The van der Waals surface area contributed by atoms with E-state index < -0.39 is 0 Å². The summed E-state index contributed by atoms with van der Waals surface area (Å²) in [4.78, 5) is 0. The van der Waals surface area contributed by atoms with Crippen LogP contribution < -0.4 is 20.9 Å². The van der Waals surface area contributed by atoms with E-state index in [1.807, 2.05) is 6.07 Å². The number of rotatable bonds is 7. The number of ether oxygens (including phenoxy) is 2. The Hall–Kier alpha value is -3.54. The van der Waals surface area contributed by atoms with E-state index in [1.54, 1.807) is 12.1 Å². The molecule has 12 saturated carbocycles. The summed E-state index contributed by atoms with van der Waals surface area (Å²) in [6, 6.07) is 14.5. The number of hydrogen-bond acceptors (Lipinski definition) is 6. The van der Waals surface area contributed by atoms with Crippen LogP contribution in [0.5, 0.6) is 34.5 Å². The third-order valence-corrected chi connectivity index (χ3v) is 19.3. The van der Waals surface area contributed by atoms with E-state index in [1.165, 1.54) is 82.6 Å². The van der Waals surface area contributed by atoms with Gasteiger partial charge < -0.3 is 31.2 Å². The van der Waals surface area contributed by atoms with Crippen LogP contribution in [0.25, 0.3) is 0 Å². The Labute approximate surface area is 358 Å². The molecule has 15 rings (SSSR count). The number of phenolic OH excluding ortho intramolecular Hbond substituents is 2. The van der Waals surface area contributed by atoms with Crippen molar-refractivity contribution in [3.8, 4) is 34.5 Å². The summed E-state index contributed by atoms with van der Waals surface area (Å²) in [5, 5.41) is 22.7. The van der Waals surface area contributed by atoms with Gasteiger partial charge in [-0.25, -0.2) is 0 Å². The molecule has 12 aliphatic carbocycles. The lowest BCUT2D eigenvalue weighted by Gasteiger charge is -2.66. The lowest BCUT2D eigenvalue weighted by Crippen LogP contribution is -2.57. The van der Waals surface area contributed by atoms with Crippen LogP contribution in [-0.4, -0.2) is 10.2 Å². The third-order valence-electron chi connectivity index (χ3n) is 19.3. The molecule has 60 heavy (non-hydrogen) atoms. The molecule has 6 N–H and O–H groups in total. The molecule has 0 amide bonds. The van der Waals surface area contributed by atoms with Gasteiger partial charge in [0, 0.05) is 34.1 Å². The van der Waals surface area contributed by atoms with Crippen molar-refractivity contribution in [2.24, 2.45) is 50.2 Å². The SMILES string of the molecule is CC12CC3CC(C)(C1)CC(c1ccc(Oc4cc(O)c(N)cc4C45CC6CC(C)(CC(C)(C6)C4)C5)c(Oc4cc(O)c(N)cc4C45CC6CC(C)(CC(C)(C6)C4)C5)c1)(C3)C2. The summed E-state index contributed by atoms with van der Waals surface area (Å²) in [5.41, 5.74) is 19.5. The van der Waals surface area contributed by atoms with Crippen molar-refractivity contribution in [1.29, 1.82) is 0 Å². The van der Waals surface area contributed by atoms with Gasteiger partial charge in [0.25, 0.3) is 0 Å². The highest BCUT2D eigenvalue weighted by Crippen LogP contribution is 2.74.